The molecule has 19 heavy (non-hydrogen) atoms. The molecule has 0 fully saturated rings. The van der Waals surface area contributed by atoms with Crippen molar-refractivity contribution in [2.24, 2.45) is 0 Å². The Bertz CT molecular complexity index is 693. The van der Waals surface area contributed by atoms with Gasteiger partial charge in [0.15, 0.2) is 10.6 Å². The number of H-pyrrole nitrogens is 1. The van der Waals surface area contributed by atoms with Crippen molar-refractivity contribution in [3.63, 3.8) is 0 Å². The number of imidazole rings is 1. The number of thiophene rings is 1. The second kappa shape index (κ2) is 5.10. The van der Waals surface area contributed by atoms with Crippen LogP contribution >= 0.6 is 23.6 Å². The minimum Gasteiger partial charge on any atom is -0.335 e. The van der Waals surface area contributed by atoms with E-state index in [1.165, 1.54) is 0 Å². The lowest BCUT2D eigenvalue weighted by Crippen LogP contribution is -2.13. The third-order valence-electron chi connectivity index (χ3n) is 2.92. The first-order chi connectivity index (χ1) is 9.25. The largest absolute Gasteiger partial charge is 0.335 e. The molecule has 0 aliphatic carbocycles. The van der Waals surface area contributed by atoms with Gasteiger partial charge in [-0.3, -0.25) is 9.67 Å². The van der Waals surface area contributed by atoms with Gasteiger partial charge in [-0.1, -0.05) is 6.07 Å². The monoisotopic (exact) mass is 291 g/mol. The fraction of sp³-hybridized carbons (Fsp3) is 0.250. The van der Waals surface area contributed by atoms with Crippen LogP contribution in [0.4, 0.5) is 0 Å². The third-order valence-corrected chi connectivity index (χ3v) is 4.07. The second-order valence-electron chi connectivity index (χ2n) is 4.31. The van der Waals surface area contributed by atoms with Crippen LogP contribution in [0.1, 0.15) is 13.0 Å². The standard InChI is InChI=1S/C12H13N5S2/c1-9(7-16-5-4-13-8-16)17-11(14-15-12(17)18)10-3-2-6-19-10/h2-6,8-9H,7H2,1H3,(H,15,18). The average molecular weight is 291 g/mol. The highest BCUT2D eigenvalue weighted by molar-refractivity contribution is 7.71. The predicted molar refractivity (Wildman–Crippen MR) is 77.7 cm³/mol. The van der Waals surface area contributed by atoms with E-state index in [0.717, 1.165) is 17.2 Å². The number of rotatable bonds is 4. The average Bonchev–Trinajstić information content (AvgIpc) is 3.07. The molecule has 1 atom stereocenters. The molecule has 3 rings (SSSR count). The van der Waals surface area contributed by atoms with Crippen molar-refractivity contribution in [2.45, 2.75) is 19.5 Å². The third kappa shape index (κ3) is 2.39. The van der Waals surface area contributed by atoms with Crippen molar-refractivity contribution < 1.29 is 0 Å². The lowest BCUT2D eigenvalue weighted by atomic mass is 10.3. The van der Waals surface area contributed by atoms with Gasteiger partial charge in [-0.15, -0.1) is 11.3 Å². The predicted octanol–water partition coefficient (Wildman–Crippen LogP) is 3.13. The zero-order valence-electron chi connectivity index (χ0n) is 10.4. The molecule has 3 aromatic rings. The molecule has 0 aliphatic rings. The summed E-state index contributed by atoms with van der Waals surface area (Å²) in [6, 6.07) is 4.27. The van der Waals surface area contributed by atoms with E-state index in [1.54, 1.807) is 17.5 Å². The second-order valence-corrected chi connectivity index (χ2v) is 5.64. The van der Waals surface area contributed by atoms with Crippen LogP contribution in [0, 0.1) is 4.77 Å². The molecule has 0 spiro atoms. The van der Waals surface area contributed by atoms with E-state index in [1.807, 2.05) is 28.5 Å². The summed E-state index contributed by atoms with van der Waals surface area (Å²) in [4.78, 5) is 5.17. The maximum Gasteiger partial charge on any atom is 0.195 e. The van der Waals surface area contributed by atoms with Crippen LogP contribution in [-0.2, 0) is 6.54 Å². The van der Waals surface area contributed by atoms with Crippen molar-refractivity contribution in [3.05, 3.63) is 41.0 Å². The summed E-state index contributed by atoms with van der Waals surface area (Å²) < 4.78 is 4.75. The van der Waals surface area contributed by atoms with Gasteiger partial charge in [-0.05, 0) is 30.6 Å². The molecular formula is C12H13N5S2. The van der Waals surface area contributed by atoms with E-state index in [9.17, 15) is 0 Å². The molecular weight excluding hydrogens is 278 g/mol. The minimum atomic E-state index is 0.206. The van der Waals surface area contributed by atoms with Crippen molar-refractivity contribution in [1.82, 2.24) is 24.3 Å². The highest BCUT2D eigenvalue weighted by atomic mass is 32.1. The van der Waals surface area contributed by atoms with Crippen LogP contribution < -0.4 is 0 Å². The Morgan fingerprint density at radius 3 is 3.11 bits per heavy atom. The Labute approximate surface area is 119 Å². The summed E-state index contributed by atoms with van der Waals surface area (Å²) in [5.41, 5.74) is 0. The molecule has 98 valence electrons. The first-order valence-corrected chi connectivity index (χ1v) is 7.21. The van der Waals surface area contributed by atoms with Crippen LogP contribution in [0.25, 0.3) is 10.7 Å². The maximum atomic E-state index is 5.34. The van der Waals surface area contributed by atoms with Crippen LogP contribution in [0.15, 0.2) is 36.2 Å². The smallest absolute Gasteiger partial charge is 0.195 e. The Kier molecular flexibility index (Phi) is 3.31. The number of aromatic amines is 1. The van der Waals surface area contributed by atoms with Crippen LogP contribution in [0.5, 0.6) is 0 Å². The molecule has 0 aliphatic heterocycles. The lowest BCUT2D eigenvalue weighted by Gasteiger charge is -2.15. The van der Waals surface area contributed by atoms with E-state index in [0.29, 0.717) is 4.77 Å². The van der Waals surface area contributed by atoms with E-state index >= 15 is 0 Å². The van der Waals surface area contributed by atoms with Gasteiger partial charge in [0.2, 0.25) is 0 Å². The molecule has 0 amide bonds. The van der Waals surface area contributed by atoms with Crippen molar-refractivity contribution in [1.29, 1.82) is 0 Å². The van der Waals surface area contributed by atoms with Crippen LogP contribution in [0.2, 0.25) is 0 Å². The molecule has 0 saturated carbocycles. The van der Waals surface area contributed by atoms with Crippen LogP contribution in [-0.4, -0.2) is 24.3 Å². The Hall–Kier alpha value is -1.73. The van der Waals surface area contributed by atoms with Crippen molar-refractivity contribution in [3.8, 4) is 10.7 Å². The zero-order chi connectivity index (χ0) is 13.2. The molecule has 1 unspecified atom stereocenters. The summed E-state index contributed by atoms with van der Waals surface area (Å²) >= 11 is 7.00. The number of nitrogens with zero attached hydrogens (tertiary/aromatic N) is 4. The molecule has 1 N–H and O–H groups in total. The zero-order valence-corrected chi connectivity index (χ0v) is 12.0. The summed E-state index contributed by atoms with van der Waals surface area (Å²) in [5.74, 6) is 0.896. The lowest BCUT2D eigenvalue weighted by molar-refractivity contribution is 0.463. The number of hydrogen-bond donors (Lipinski definition) is 1. The number of aromatic nitrogens is 5. The Morgan fingerprint density at radius 1 is 1.53 bits per heavy atom. The fourth-order valence-corrected chi connectivity index (χ4v) is 3.10. The summed E-state index contributed by atoms with van der Waals surface area (Å²) in [6.45, 7) is 2.94. The maximum absolute atomic E-state index is 5.34. The Morgan fingerprint density at radius 2 is 2.42 bits per heavy atom. The molecule has 3 heterocycles. The van der Waals surface area contributed by atoms with Gasteiger partial charge >= 0.3 is 0 Å². The van der Waals surface area contributed by atoms with Gasteiger partial charge in [0, 0.05) is 18.9 Å². The molecule has 0 bridgehead atoms. The summed E-state index contributed by atoms with van der Waals surface area (Å²) in [7, 11) is 0. The molecule has 0 saturated heterocycles. The minimum absolute atomic E-state index is 0.206. The van der Waals surface area contributed by atoms with E-state index in [-0.39, 0.29) is 6.04 Å². The molecule has 0 radical (unpaired) electrons. The van der Waals surface area contributed by atoms with Gasteiger partial charge in [-0.2, -0.15) is 5.10 Å². The number of hydrogen-bond acceptors (Lipinski definition) is 4. The Balaban J connectivity index is 1.96. The SMILES string of the molecule is CC(Cn1ccnc1)n1c(-c2cccs2)n[nH]c1=S. The van der Waals surface area contributed by atoms with E-state index < -0.39 is 0 Å². The van der Waals surface area contributed by atoms with Crippen LogP contribution in [0.3, 0.4) is 0 Å². The quantitative estimate of drug-likeness (QED) is 0.751. The molecule has 7 heteroatoms. The molecule has 3 aromatic heterocycles. The van der Waals surface area contributed by atoms with Gasteiger partial charge in [0.05, 0.1) is 17.2 Å². The summed E-state index contributed by atoms with van der Waals surface area (Å²) in [6.07, 6.45) is 5.54. The molecule has 5 nitrogen and oxygen atoms in total. The van der Waals surface area contributed by atoms with Gasteiger partial charge in [0.1, 0.15) is 0 Å². The van der Waals surface area contributed by atoms with E-state index in [2.05, 4.69) is 32.7 Å². The van der Waals surface area contributed by atoms with Crippen molar-refractivity contribution >= 4 is 23.6 Å². The summed E-state index contributed by atoms with van der Waals surface area (Å²) in [5, 5.41) is 9.26. The number of nitrogens with one attached hydrogen (secondary N) is 1. The first-order valence-electron chi connectivity index (χ1n) is 5.92. The topological polar surface area (TPSA) is 51.4 Å². The fourth-order valence-electron chi connectivity index (χ4n) is 2.07. The van der Waals surface area contributed by atoms with Gasteiger partial charge in [-0.25, -0.2) is 4.98 Å². The highest BCUT2D eigenvalue weighted by Crippen LogP contribution is 2.25. The van der Waals surface area contributed by atoms with E-state index in [4.69, 9.17) is 12.2 Å². The highest BCUT2D eigenvalue weighted by Gasteiger charge is 2.15. The molecule has 0 aromatic carbocycles. The van der Waals surface area contributed by atoms with Gasteiger partial charge in [0.25, 0.3) is 0 Å². The van der Waals surface area contributed by atoms with Gasteiger partial charge < -0.3 is 4.57 Å². The first kappa shape index (κ1) is 12.3. The normalized spacial score (nSPS) is 12.7. The van der Waals surface area contributed by atoms with Crippen molar-refractivity contribution in [2.75, 3.05) is 0 Å².